The van der Waals surface area contributed by atoms with Crippen molar-refractivity contribution in [2.75, 3.05) is 13.2 Å². The van der Waals surface area contributed by atoms with Crippen LogP contribution in [0.1, 0.15) is 46.5 Å². The zero-order valence-electron chi connectivity index (χ0n) is 11.1. The monoisotopic (exact) mass is 244 g/mol. The molecule has 1 aliphatic rings. The third kappa shape index (κ3) is 2.99. The second-order valence-electron chi connectivity index (χ2n) is 4.76. The van der Waals surface area contributed by atoms with E-state index in [1.54, 1.807) is 6.92 Å². The number of hydrogen-bond donors (Lipinski definition) is 1. The summed E-state index contributed by atoms with van der Waals surface area (Å²) < 4.78 is 10.9. The van der Waals surface area contributed by atoms with Gasteiger partial charge >= 0.3 is 5.97 Å². The van der Waals surface area contributed by atoms with E-state index in [2.05, 4.69) is 6.92 Å². The highest BCUT2D eigenvalue weighted by Crippen LogP contribution is 2.38. The molecule has 0 amide bonds. The second-order valence-corrected chi connectivity index (χ2v) is 4.76. The summed E-state index contributed by atoms with van der Waals surface area (Å²) in [7, 11) is 0. The van der Waals surface area contributed by atoms with E-state index in [0.29, 0.717) is 6.61 Å². The summed E-state index contributed by atoms with van der Waals surface area (Å²) in [5, 5.41) is 9.63. The van der Waals surface area contributed by atoms with Crippen LogP contribution in [-0.2, 0) is 14.3 Å². The Labute approximate surface area is 103 Å². The fraction of sp³-hybridized carbons (Fsp3) is 0.923. The predicted molar refractivity (Wildman–Crippen MR) is 64.6 cm³/mol. The first-order valence-electron chi connectivity index (χ1n) is 6.56. The first-order valence-corrected chi connectivity index (χ1v) is 6.56. The molecule has 0 radical (unpaired) electrons. The Balaban J connectivity index is 2.90. The zero-order chi connectivity index (χ0) is 12.9. The molecule has 1 rings (SSSR count). The van der Waals surface area contributed by atoms with Crippen LogP contribution in [0, 0.1) is 5.92 Å². The van der Waals surface area contributed by atoms with Crippen molar-refractivity contribution < 1.29 is 19.4 Å². The zero-order valence-corrected chi connectivity index (χ0v) is 11.1. The van der Waals surface area contributed by atoms with Crippen molar-refractivity contribution in [2.45, 2.75) is 58.2 Å². The lowest BCUT2D eigenvalue weighted by Crippen LogP contribution is -2.56. The fourth-order valence-corrected chi connectivity index (χ4v) is 2.61. The van der Waals surface area contributed by atoms with Crippen molar-refractivity contribution in [2.24, 2.45) is 5.92 Å². The van der Waals surface area contributed by atoms with Crippen molar-refractivity contribution in [1.82, 2.24) is 0 Å². The van der Waals surface area contributed by atoms with Gasteiger partial charge in [0.25, 0.3) is 0 Å². The first-order chi connectivity index (χ1) is 8.10. The number of carbonyl (C=O) groups is 1. The van der Waals surface area contributed by atoms with Crippen LogP contribution in [0.2, 0.25) is 0 Å². The van der Waals surface area contributed by atoms with Crippen molar-refractivity contribution in [3.63, 3.8) is 0 Å². The molecule has 100 valence electrons. The van der Waals surface area contributed by atoms with Gasteiger partial charge in [-0.3, -0.25) is 0 Å². The Hall–Kier alpha value is -0.610. The van der Waals surface area contributed by atoms with Crippen LogP contribution in [-0.4, -0.2) is 36.0 Å². The normalized spacial score (nSPS) is 33.4. The van der Waals surface area contributed by atoms with Crippen molar-refractivity contribution in [3.05, 3.63) is 0 Å². The van der Waals surface area contributed by atoms with Crippen molar-refractivity contribution >= 4 is 5.97 Å². The third-order valence-electron chi connectivity index (χ3n) is 3.49. The van der Waals surface area contributed by atoms with Crippen LogP contribution in [0.4, 0.5) is 0 Å². The number of rotatable bonds is 5. The standard InChI is InChI=1S/C13H24O4/c1-4-6-11-8-7-10(3)17-13(11,9-14)12(15)16-5-2/h10-11,14H,4-9H2,1-3H3. The maximum atomic E-state index is 12.1. The molecule has 1 aliphatic heterocycles. The molecular formula is C13H24O4. The molecule has 0 aliphatic carbocycles. The molecule has 0 aromatic rings. The SMILES string of the molecule is CCCC1CCC(C)OC1(CO)C(=O)OCC. The van der Waals surface area contributed by atoms with E-state index in [4.69, 9.17) is 9.47 Å². The van der Waals surface area contributed by atoms with E-state index in [0.717, 1.165) is 25.7 Å². The maximum Gasteiger partial charge on any atom is 0.341 e. The van der Waals surface area contributed by atoms with Gasteiger partial charge in [0, 0.05) is 5.92 Å². The summed E-state index contributed by atoms with van der Waals surface area (Å²) in [4.78, 5) is 12.1. The van der Waals surface area contributed by atoms with E-state index in [-0.39, 0.29) is 18.6 Å². The largest absolute Gasteiger partial charge is 0.464 e. The molecule has 3 unspecified atom stereocenters. The topological polar surface area (TPSA) is 55.8 Å². The van der Waals surface area contributed by atoms with E-state index < -0.39 is 11.6 Å². The molecule has 1 N–H and O–H groups in total. The summed E-state index contributed by atoms with van der Waals surface area (Å²) in [6, 6.07) is 0. The van der Waals surface area contributed by atoms with Gasteiger partial charge in [-0.1, -0.05) is 13.3 Å². The smallest absolute Gasteiger partial charge is 0.341 e. The van der Waals surface area contributed by atoms with Gasteiger partial charge in [-0.15, -0.1) is 0 Å². The Morgan fingerprint density at radius 3 is 2.71 bits per heavy atom. The number of carbonyl (C=O) groups excluding carboxylic acids is 1. The quantitative estimate of drug-likeness (QED) is 0.750. The number of aliphatic hydroxyl groups is 1. The van der Waals surface area contributed by atoms with E-state index in [1.807, 2.05) is 6.92 Å². The van der Waals surface area contributed by atoms with Crippen LogP contribution in [0.15, 0.2) is 0 Å². The maximum absolute atomic E-state index is 12.1. The minimum atomic E-state index is -1.14. The molecule has 1 fully saturated rings. The summed E-state index contributed by atoms with van der Waals surface area (Å²) in [5.74, 6) is -0.347. The molecule has 4 heteroatoms. The number of aliphatic hydroxyl groups excluding tert-OH is 1. The number of esters is 1. The van der Waals surface area contributed by atoms with Gasteiger partial charge in [-0.05, 0) is 33.1 Å². The van der Waals surface area contributed by atoms with Gasteiger partial charge in [0.05, 0.1) is 19.3 Å². The molecule has 0 saturated carbocycles. The number of ether oxygens (including phenoxy) is 2. The molecule has 0 aromatic carbocycles. The molecule has 3 atom stereocenters. The van der Waals surface area contributed by atoms with Gasteiger partial charge in [0.1, 0.15) is 0 Å². The fourth-order valence-electron chi connectivity index (χ4n) is 2.61. The minimum Gasteiger partial charge on any atom is -0.464 e. The summed E-state index contributed by atoms with van der Waals surface area (Å²) in [5.41, 5.74) is -1.14. The van der Waals surface area contributed by atoms with Crippen LogP contribution < -0.4 is 0 Å². The van der Waals surface area contributed by atoms with E-state index in [9.17, 15) is 9.90 Å². The Morgan fingerprint density at radius 2 is 2.18 bits per heavy atom. The lowest BCUT2D eigenvalue weighted by Gasteiger charge is -2.43. The van der Waals surface area contributed by atoms with E-state index in [1.165, 1.54) is 0 Å². The summed E-state index contributed by atoms with van der Waals surface area (Å²) in [6.07, 6.45) is 3.70. The first kappa shape index (κ1) is 14.5. The van der Waals surface area contributed by atoms with Gasteiger partial charge in [-0.2, -0.15) is 0 Å². The molecule has 1 heterocycles. The minimum absolute atomic E-state index is 0.000313. The molecule has 1 saturated heterocycles. The van der Waals surface area contributed by atoms with Crippen LogP contribution in [0.5, 0.6) is 0 Å². The molecule has 0 bridgehead atoms. The Bertz CT molecular complexity index is 254. The Kier molecular flexibility index (Phi) is 5.40. The second kappa shape index (κ2) is 6.36. The predicted octanol–water partition coefficient (Wildman–Crippen LogP) is 1.90. The summed E-state index contributed by atoms with van der Waals surface area (Å²) >= 11 is 0. The highest BCUT2D eigenvalue weighted by atomic mass is 16.6. The van der Waals surface area contributed by atoms with Crippen molar-refractivity contribution in [3.8, 4) is 0 Å². The lowest BCUT2D eigenvalue weighted by molar-refractivity contribution is -0.211. The van der Waals surface area contributed by atoms with Crippen LogP contribution in [0.25, 0.3) is 0 Å². The van der Waals surface area contributed by atoms with Gasteiger partial charge < -0.3 is 14.6 Å². The lowest BCUT2D eigenvalue weighted by atomic mass is 9.78. The van der Waals surface area contributed by atoms with E-state index >= 15 is 0 Å². The highest BCUT2D eigenvalue weighted by Gasteiger charge is 2.50. The average molecular weight is 244 g/mol. The average Bonchev–Trinajstić information content (AvgIpc) is 2.32. The van der Waals surface area contributed by atoms with Crippen LogP contribution in [0.3, 0.4) is 0 Å². The molecule has 0 spiro atoms. The van der Waals surface area contributed by atoms with Crippen LogP contribution >= 0.6 is 0 Å². The third-order valence-corrected chi connectivity index (χ3v) is 3.49. The molecule has 17 heavy (non-hydrogen) atoms. The highest BCUT2D eigenvalue weighted by molar-refractivity contribution is 5.80. The van der Waals surface area contributed by atoms with Crippen molar-refractivity contribution in [1.29, 1.82) is 0 Å². The number of hydrogen-bond acceptors (Lipinski definition) is 4. The molecule has 4 nitrogen and oxygen atoms in total. The molecular weight excluding hydrogens is 220 g/mol. The Morgan fingerprint density at radius 1 is 1.47 bits per heavy atom. The van der Waals surface area contributed by atoms with Gasteiger partial charge in [0.15, 0.2) is 5.60 Å². The van der Waals surface area contributed by atoms with Gasteiger partial charge in [0.2, 0.25) is 0 Å². The summed E-state index contributed by atoms with van der Waals surface area (Å²) in [6.45, 7) is 5.80. The van der Waals surface area contributed by atoms with Gasteiger partial charge in [-0.25, -0.2) is 4.79 Å². The molecule has 0 aromatic heterocycles.